The minimum absolute atomic E-state index is 0.193. The Morgan fingerprint density at radius 2 is 2.24 bits per heavy atom. The maximum Gasteiger partial charge on any atom is 0.236 e. The molecule has 0 bridgehead atoms. The van der Waals surface area contributed by atoms with Crippen LogP contribution in [0.15, 0.2) is 0 Å². The fourth-order valence-corrected chi connectivity index (χ4v) is 3.40. The lowest BCUT2D eigenvalue weighted by atomic mass is 9.50. The summed E-state index contributed by atoms with van der Waals surface area (Å²) >= 11 is 0. The van der Waals surface area contributed by atoms with Gasteiger partial charge in [0.25, 0.3) is 0 Å². The second kappa shape index (κ2) is 4.94. The Morgan fingerprint density at radius 1 is 1.53 bits per heavy atom. The molecule has 4 nitrogen and oxygen atoms in total. The van der Waals surface area contributed by atoms with Crippen molar-refractivity contribution in [2.45, 2.75) is 44.8 Å². The van der Waals surface area contributed by atoms with Crippen molar-refractivity contribution >= 4 is 5.91 Å². The van der Waals surface area contributed by atoms with Gasteiger partial charge in [-0.2, -0.15) is 0 Å². The van der Waals surface area contributed by atoms with Crippen LogP contribution in [0.1, 0.15) is 32.6 Å². The molecule has 2 fully saturated rings. The monoisotopic (exact) mass is 240 g/mol. The molecule has 17 heavy (non-hydrogen) atoms. The minimum atomic E-state index is 0.193. The van der Waals surface area contributed by atoms with E-state index in [0.29, 0.717) is 18.7 Å². The Balaban J connectivity index is 1.96. The highest BCUT2D eigenvalue weighted by atomic mass is 16.5. The summed E-state index contributed by atoms with van der Waals surface area (Å²) in [7, 11) is 3.75. The van der Waals surface area contributed by atoms with Gasteiger partial charge in [-0.3, -0.25) is 4.79 Å². The summed E-state index contributed by atoms with van der Waals surface area (Å²) in [4.78, 5) is 13.8. The quantitative estimate of drug-likeness (QED) is 0.780. The maximum atomic E-state index is 11.9. The first-order valence-electron chi connectivity index (χ1n) is 6.67. The van der Waals surface area contributed by atoms with E-state index in [1.165, 1.54) is 19.3 Å². The van der Waals surface area contributed by atoms with Crippen molar-refractivity contribution in [3.8, 4) is 0 Å². The second-order valence-electron chi connectivity index (χ2n) is 5.32. The Hall–Kier alpha value is -0.610. The lowest BCUT2D eigenvalue weighted by Crippen LogP contribution is -2.68. The van der Waals surface area contributed by atoms with E-state index < -0.39 is 0 Å². The van der Waals surface area contributed by atoms with Crippen LogP contribution in [0.4, 0.5) is 0 Å². The summed E-state index contributed by atoms with van der Waals surface area (Å²) in [6.07, 6.45) is 5.13. The minimum Gasteiger partial charge on any atom is -0.378 e. The lowest BCUT2D eigenvalue weighted by molar-refractivity contribution is -0.202. The van der Waals surface area contributed by atoms with Crippen LogP contribution in [-0.2, 0) is 9.53 Å². The fourth-order valence-electron chi connectivity index (χ4n) is 3.40. The number of hydrogen-bond acceptors (Lipinski definition) is 3. The molecule has 2 unspecified atom stereocenters. The van der Waals surface area contributed by atoms with Crippen molar-refractivity contribution in [1.29, 1.82) is 0 Å². The van der Waals surface area contributed by atoms with E-state index in [-0.39, 0.29) is 11.3 Å². The van der Waals surface area contributed by atoms with Crippen molar-refractivity contribution < 1.29 is 9.53 Å². The van der Waals surface area contributed by atoms with Crippen LogP contribution in [0.3, 0.4) is 0 Å². The summed E-state index contributed by atoms with van der Waals surface area (Å²) < 4.78 is 5.80. The third kappa shape index (κ3) is 1.97. The van der Waals surface area contributed by atoms with Gasteiger partial charge in [-0.25, -0.2) is 0 Å². The van der Waals surface area contributed by atoms with Crippen molar-refractivity contribution in [3.63, 3.8) is 0 Å². The van der Waals surface area contributed by atoms with Crippen molar-refractivity contribution in [2.75, 3.05) is 27.2 Å². The van der Waals surface area contributed by atoms with Gasteiger partial charge in [0.05, 0.1) is 12.6 Å². The van der Waals surface area contributed by atoms with Crippen molar-refractivity contribution in [3.05, 3.63) is 0 Å². The highest BCUT2D eigenvalue weighted by molar-refractivity contribution is 5.78. The molecule has 0 heterocycles. The zero-order valence-electron chi connectivity index (χ0n) is 11.2. The van der Waals surface area contributed by atoms with E-state index in [1.54, 1.807) is 0 Å². The van der Waals surface area contributed by atoms with Gasteiger partial charge >= 0.3 is 0 Å². The SMILES string of the molecule is CCOC1CC(N(C)C(=O)CNC)C12CCC2. The topological polar surface area (TPSA) is 41.6 Å². The van der Waals surface area contributed by atoms with Crippen LogP contribution >= 0.6 is 0 Å². The molecule has 1 spiro atoms. The summed E-state index contributed by atoms with van der Waals surface area (Å²) in [5.74, 6) is 0.193. The number of nitrogens with one attached hydrogen (secondary N) is 1. The third-order valence-electron chi connectivity index (χ3n) is 4.58. The zero-order valence-corrected chi connectivity index (χ0v) is 11.2. The Kier molecular flexibility index (Phi) is 3.73. The predicted molar refractivity (Wildman–Crippen MR) is 66.8 cm³/mol. The van der Waals surface area contributed by atoms with Gasteiger partial charge in [0.15, 0.2) is 0 Å². The smallest absolute Gasteiger partial charge is 0.236 e. The summed E-state index contributed by atoms with van der Waals surface area (Å²) in [6.45, 7) is 3.27. The molecular formula is C13H24N2O2. The highest BCUT2D eigenvalue weighted by Crippen LogP contribution is 2.58. The van der Waals surface area contributed by atoms with E-state index in [0.717, 1.165) is 13.0 Å². The number of rotatable bonds is 5. The van der Waals surface area contributed by atoms with Crippen LogP contribution in [0.5, 0.6) is 0 Å². The first kappa shape index (κ1) is 12.8. The van der Waals surface area contributed by atoms with Crippen LogP contribution in [0.2, 0.25) is 0 Å². The lowest BCUT2D eigenvalue weighted by Gasteiger charge is -2.63. The average molecular weight is 240 g/mol. The maximum absolute atomic E-state index is 11.9. The van der Waals surface area contributed by atoms with E-state index in [9.17, 15) is 4.79 Å². The van der Waals surface area contributed by atoms with Gasteiger partial charge in [0, 0.05) is 25.1 Å². The van der Waals surface area contributed by atoms with Gasteiger partial charge in [0.2, 0.25) is 5.91 Å². The number of amides is 1. The van der Waals surface area contributed by atoms with E-state index in [2.05, 4.69) is 12.2 Å². The van der Waals surface area contributed by atoms with Crippen molar-refractivity contribution in [2.24, 2.45) is 5.41 Å². The third-order valence-corrected chi connectivity index (χ3v) is 4.58. The van der Waals surface area contributed by atoms with E-state index in [1.807, 2.05) is 19.0 Å². The molecule has 0 radical (unpaired) electrons. The number of hydrogen-bond donors (Lipinski definition) is 1. The van der Waals surface area contributed by atoms with Gasteiger partial charge in [-0.05, 0) is 33.2 Å². The molecule has 2 aliphatic carbocycles. The molecular weight excluding hydrogens is 216 g/mol. The van der Waals surface area contributed by atoms with Crippen molar-refractivity contribution in [1.82, 2.24) is 10.2 Å². The molecule has 2 saturated carbocycles. The van der Waals surface area contributed by atoms with Gasteiger partial charge in [0.1, 0.15) is 0 Å². The fraction of sp³-hybridized carbons (Fsp3) is 0.923. The molecule has 0 aliphatic heterocycles. The first-order valence-corrected chi connectivity index (χ1v) is 6.67. The summed E-state index contributed by atoms with van der Waals surface area (Å²) in [6, 6.07) is 0.397. The highest BCUT2D eigenvalue weighted by Gasteiger charge is 2.60. The van der Waals surface area contributed by atoms with Crippen LogP contribution < -0.4 is 5.32 Å². The Labute approximate surface area is 104 Å². The molecule has 98 valence electrons. The number of ether oxygens (including phenoxy) is 1. The van der Waals surface area contributed by atoms with Crippen LogP contribution in [0, 0.1) is 5.41 Å². The van der Waals surface area contributed by atoms with E-state index >= 15 is 0 Å². The normalized spacial score (nSPS) is 29.6. The molecule has 0 aromatic carbocycles. The van der Waals surface area contributed by atoms with Crippen LogP contribution in [-0.4, -0.2) is 50.2 Å². The molecule has 4 heteroatoms. The molecule has 2 atom stereocenters. The molecule has 1 amide bonds. The van der Waals surface area contributed by atoms with Gasteiger partial charge < -0.3 is 15.0 Å². The van der Waals surface area contributed by atoms with E-state index in [4.69, 9.17) is 4.74 Å². The molecule has 0 aromatic heterocycles. The number of nitrogens with zero attached hydrogens (tertiary/aromatic N) is 1. The standard InChI is InChI=1S/C13H24N2O2/c1-4-17-11-8-10(13(11)6-5-7-13)15(3)12(16)9-14-2/h10-11,14H,4-9H2,1-3H3. The number of carbonyl (C=O) groups is 1. The average Bonchev–Trinajstić information content (AvgIpc) is 2.21. The molecule has 2 rings (SSSR count). The largest absolute Gasteiger partial charge is 0.378 e. The first-order chi connectivity index (χ1) is 8.15. The zero-order chi connectivity index (χ0) is 12.5. The van der Waals surface area contributed by atoms with Crippen LogP contribution in [0.25, 0.3) is 0 Å². The molecule has 2 aliphatic rings. The van der Waals surface area contributed by atoms with Gasteiger partial charge in [-0.15, -0.1) is 0 Å². The van der Waals surface area contributed by atoms with Gasteiger partial charge in [-0.1, -0.05) is 6.42 Å². The summed E-state index contributed by atoms with van der Waals surface area (Å²) in [5.41, 5.74) is 0.286. The molecule has 1 N–H and O–H groups in total. The summed E-state index contributed by atoms with van der Waals surface area (Å²) in [5, 5.41) is 2.93. The Bertz CT molecular complexity index is 289. The Morgan fingerprint density at radius 3 is 2.71 bits per heavy atom. The number of carbonyl (C=O) groups excluding carboxylic acids is 1. The molecule has 0 aromatic rings. The second-order valence-corrected chi connectivity index (χ2v) is 5.32. The number of likely N-dealkylation sites (N-methyl/N-ethyl adjacent to an activating group) is 2. The predicted octanol–water partition coefficient (Wildman–Crippen LogP) is 1.01. The molecule has 0 saturated heterocycles.